The number of amides is 2. The molecule has 3 aromatic rings. The number of anilines is 1. The highest BCUT2D eigenvalue weighted by Crippen LogP contribution is 2.29. The van der Waals surface area contributed by atoms with Crippen LogP contribution in [0.5, 0.6) is 0 Å². The third kappa shape index (κ3) is 6.99. The smallest absolute Gasteiger partial charge is 0.264 e. The number of hydrogen-bond acceptors (Lipinski definition) is 4. The van der Waals surface area contributed by atoms with Gasteiger partial charge in [-0.05, 0) is 68.1 Å². The Morgan fingerprint density at radius 2 is 1.59 bits per heavy atom. The molecule has 2 amide bonds. The van der Waals surface area contributed by atoms with Gasteiger partial charge in [0.25, 0.3) is 10.0 Å². The topological polar surface area (TPSA) is 86.8 Å². The first-order valence-electron chi connectivity index (χ1n) is 13.1. The van der Waals surface area contributed by atoms with Gasteiger partial charge in [0.2, 0.25) is 11.8 Å². The molecule has 0 aromatic heterocycles. The number of carbonyl (C=O) groups is 2. The Hall–Kier alpha value is -3.36. The van der Waals surface area contributed by atoms with Gasteiger partial charge in [-0.15, -0.1) is 0 Å². The van der Waals surface area contributed by atoms with Gasteiger partial charge in [-0.25, -0.2) is 8.42 Å². The summed E-state index contributed by atoms with van der Waals surface area (Å²) in [6.07, 6.45) is 3.98. The Kier molecular flexibility index (Phi) is 9.30. The summed E-state index contributed by atoms with van der Waals surface area (Å²) in [6.45, 7) is 3.12. The van der Waals surface area contributed by atoms with Crippen molar-refractivity contribution in [1.29, 1.82) is 0 Å². The first-order valence-corrected chi connectivity index (χ1v) is 15.0. The molecule has 1 unspecified atom stereocenters. The molecule has 0 bridgehead atoms. The van der Waals surface area contributed by atoms with Crippen LogP contribution in [0.2, 0.25) is 5.02 Å². The van der Waals surface area contributed by atoms with Crippen molar-refractivity contribution in [3.63, 3.8) is 0 Å². The summed E-state index contributed by atoms with van der Waals surface area (Å²) >= 11 is 6.16. The molecule has 1 aliphatic carbocycles. The minimum absolute atomic E-state index is 0.0637. The van der Waals surface area contributed by atoms with Crippen LogP contribution in [0.4, 0.5) is 5.69 Å². The number of nitrogens with zero attached hydrogens (tertiary/aromatic N) is 2. The molecule has 0 radical (unpaired) electrons. The lowest BCUT2D eigenvalue weighted by Gasteiger charge is -2.33. The van der Waals surface area contributed by atoms with Gasteiger partial charge in [-0.3, -0.25) is 13.9 Å². The van der Waals surface area contributed by atoms with Crippen molar-refractivity contribution in [3.8, 4) is 0 Å². The molecule has 1 atom stereocenters. The van der Waals surface area contributed by atoms with Gasteiger partial charge in [0, 0.05) is 17.6 Å². The molecule has 0 spiro atoms. The molecule has 1 fully saturated rings. The van der Waals surface area contributed by atoms with Crippen LogP contribution < -0.4 is 9.62 Å². The van der Waals surface area contributed by atoms with E-state index >= 15 is 0 Å². The number of carbonyl (C=O) groups excluding carboxylic acids is 2. The fourth-order valence-corrected chi connectivity index (χ4v) is 6.61. The Morgan fingerprint density at radius 1 is 0.974 bits per heavy atom. The largest absolute Gasteiger partial charge is 0.352 e. The van der Waals surface area contributed by atoms with Gasteiger partial charge in [0.05, 0.1) is 10.6 Å². The molecule has 0 heterocycles. The summed E-state index contributed by atoms with van der Waals surface area (Å²) in [6, 6.07) is 21.5. The summed E-state index contributed by atoms with van der Waals surface area (Å²) in [5.74, 6) is -0.729. The SMILES string of the molecule is Cc1cc(Cl)ccc1N(CC(=O)N(Cc1ccccc1)C(C)C(=O)NC1CCCC1)S(=O)(=O)c1ccccc1. The van der Waals surface area contributed by atoms with Crippen LogP contribution >= 0.6 is 11.6 Å². The number of hydrogen-bond donors (Lipinski definition) is 1. The van der Waals surface area contributed by atoms with Crippen molar-refractivity contribution in [2.24, 2.45) is 0 Å². The van der Waals surface area contributed by atoms with Gasteiger partial charge < -0.3 is 10.2 Å². The zero-order valence-corrected chi connectivity index (χ0v) is 23.8. The molecular weight excluding hydrogens is 534 g/mol. The number of nitrogens with one attached hydrogen (secondary N) is 1. The number of benzene rings is 3. The van der Waals surface area contributed by atoms with Crippen LogP contribution in [-0.4, -0.2) is 43.8 Å². The van der Waals surface area contributed by atoms with Crippen LogP contribution in [0.25, 0.3) is 0 Å². The predicted molar refractivity (Wildman–Crippen MR) is 154 cm³/mol. The zero-order chi connectivity index (χ0) is 28.0. The second-order valence-electron chi connectivity index (χ2n) is 9.93. The van der Waals surface area contributed by atoms with Gasteiger partial charge in [0.1, 0.15) is 12.6 Å². The quantitative estimate of drug-likeness (QED) is 0.359. The molecule has 0 aliphatic heterocycles. The summed E-state index contributed by atoms with van der Waals surface area (Å²) < 4.78 is 28.8. The molecule has 3 aromatic carbocycles. The lowest BCUT2D eigenvalue weighted by molar-refractivity contribution is -0.139. The van der Waals surface area contributed by atoms with Crippen LogP contribution in [0.3, 0.4) is 0 Å². The molecule has 0 saturated heterocycles. The van der Waals surface area contributed by atoms with Crippen LogP contribution in [0.15, 0.2) is 83.8 Å². The van der Waals surface area contributed by atoms with E-state index in [0.29, 0.717) is 16.3 Å². The lowest BCUT2D eigenvalue weighted by Crippen LogP contribution is -2.52. The summed E-state index contributed by atoms with van der Waals surface area (Å²) in [5, 5.41) is 3.54. The molecule has 1 saturated carbocycles. The lowest BCUT2D eigenvalue weighted by atomic mass is 10.1. The minimum atomic E-state index is -4.11. The summed E-state index contributed by atoms with van der Waals surface area (Å²) in [7, 11) is -4.11. The van der Waals surface area contributed by atoms with Gasteiger partial charge in [-0.1, -0.05) is 73.0 Å². The second-order valence-corrected chi connectivity index (χ2v) is 12.2. The van der Waals surface area contributed by atoms with E-state index in [9.17, 15) is 18.0 Å². The van der Waals surface area contributed by atoms with E-state index in [1.807, 2.05) is 30.3 Å². The molecule has 7 nitrogen and oxygen atoms in total. The zero-order valence-electron chi connectivity index (χ0n) is 22.2. The highest BCUT2D eigenvalue weighted by atomic mass is 35.5. The highest BCUT2D eigenvalue weighted by molar-refractivity contribution is 7.92. The summed E-state index contributed by atoms with van der Waals surface area (Å²) in [4.78, 5) is 28.8. The Bertz CT molecular complexity index is 1390. The maximum absolute atomic E-state index is 14.0. The third-order valence-electron chi connectivity index (χ3n) is 7.10. The maximum Gasteiger partial charge on any atom is 0.264 e. The van der Waals surface area contributed by atoms with Crippen molar-refractivity contribution < 1.29 is 18.0 Å². The van der Waals surface area contributed by atoms with Crippen LogP contribution in [0, 0.1) is 6.92 Å². The molecule has 9 heteroatoms. The van der Waals surface area contributed by atoms with Crippen molar-refractivity contribution in [2.75, 3.05) is 10.8 Å². The monoisotopic (exact) mass is 567 g/mol. The molecule has 1 aliphatic rings. The minimum Gasteiger partial charge on any atom is -0.352 e. The Labute approximate surface area is 235 Å². The van der Waals surface area contributed by atoms with Crippen molar-refractivity contribution in [3.05, 3.63) is 95.0 Å². The van der Waals surface area contributed by atoms with E-state index < -0.39 is 28.5 Å². The average Bonchev–Trinajstić information content (AvgIpc) is 3.44. The molecule has 1 N–H and O–H groups in total. The average molecular weight is 568 g/mol. The van der Waals surface area contributed by atoms with Crippen molar-refractivity contribution in [2.45, 2.75) is 63.1 Å². The Morgan fingerprint density at radius 3 is 2.21 bits per heavy atom. The Balaban J connectivity index is 1.69. The fourth-order valence-electron chi connectivity index (χ4n) is 4.89. The molecule has 206 valence electrons. The van der Waals surface area contributed by atoms with E-state index in [2.05, 4.69) is 5.32 Å². The van der Waals surface area contributed by atoms with E-state index in [1.54, 1.807) is 50.2 Å². The highest BCUT2D eigenvalue weighted by Gasteiger charge is 2.33. The van der Waals surface area contributed by atoms with Gasteiger partial charge in [-0.2, -0.15) is 0 Å². The van der Waals surface area contributed by atoms with Crippen LogP contribution in [-0.2, 0) is 26.2 Å². The summed E-state index contributed by atoms with van der Waals surface area (Å²) in [5.41, 5.74) is 1.79. The number of halogens is 1. The van der Waals surface area contributed by atoms with E-state index in [-0.39, 0.29) is 23.4 Å². The van der Waals surface area contributed by atoms with Gasteiger partial charge >= 0.3 is 0 Å². The number of rotatable bonds is 10. The normalized spacial score (nSPS) is 14.5. The van der Waals surface area contributed by atoms with E-state index in [1.165, 1.54) is 17.0 Å². The van der Waals surface area contributed by atoms with E-state index in [4.69, 9.17) is 11.6 Å². The second kappa shape index (κ2) is 12.7. The predicted octanol–water partition coefficient (Wildman–Crippen LogP) is 5.32. The first kappa shape index (κ1) is 28.6. The standard InChI is InChI=1S/C30H34ClN3O4S/c1-22-19-25(31)17-18-28(22)34(39(37,38)27-15-7-4-8-16-27)21-29(35)33(20-24-11-5-3-6-12-24)23(2)30(36)32-26-13-9-10-14-26/h3-8,11-12,15-19,23,26H,9-10,13-14,20-21H2,1-2H3,(H,32,36). The van der Waals surface area contributed by atoms with Crippen molar-refractivity contribution >= 4 is 39.1 Å². The molecular formula is C30H34ClN3O4S. The number of sulfonamides is 1. The maximum atomic E-state index is 14.0. The van der Waals surface area contributed by atoms with Crippen molar-refractivity contribution in [1.82, 2.24) is 10.2 Å². The number of aryl methyl sites for hydroxylation is 1. The fraction of sp³-hybridized carbons (Fsp3) is 0.333. The third-order valence-corrected chi connectivity index (χ3v) is 9.11. The van der Waals surface area contributed by atoms with Crippen LogP contribution in [0.1, 0.15) is 43.7 Å². The van der Waals surface area contributed by atoms with Gasteiger partial charge in [0.15, 0.2) is 0 Å². The first-order chi connectivity index (χ1) is 18.7. The molecule has 4 rings (SSSR count). The van der Waals surface area contributed by atoms with E-state index in [0.717, 1.165) is 35.6 Å². The molecule has 39 heavy (non-hydrogen) atoms.